The molecule has 0 radical (unpaired) electrons. The van der Waals surface area contributed by atoms with Gasteiger partial charge >= 0.3 is 0 Å². The van der Waals surface area contributed by atoms with Gasteiger partial charge in [0.05, 0.1) is 11.7 Å². The maximum atomic E-state index is 12.7. The number of nitrogens with zero attached hydrogens (tertiary/aromatic N) is 2. The van der Waals surface area contributed by atoms with Crippen LogP contribution in [0.1, 0.15) is 40.0 Å². The van der Waals surface area contributed by atoms with Crippen LogP contribution in [0.4, 0.5) is 0 Å². The molecule has 0 aromatic rings. The summed E-state index contributed by atoms with van der Waals surface area (Å²) in [6.07, 6.45) is 2.25. The highest BCUT2D eigenvalue weighted by atomic mass is 16.5. The maximum Gasteiger partial charge on any atom is 0.236 e. The number of ether oxygens (including phenoxy) is 1. The molecule has 1 unspecified atom stereocenters. The van der Waals surface area contributed by atoms with E-state index in [1.165, 1.54) is 0 Å². The standard InChI is InChI=1S/C13H23N3O3/c1-9-7-16(8-12(2,3)19-9)11(17)13(5-4-6-13)10(14)15-18/h9,18H,4-8H2,1-3H3,(H2,14,15). The minimum absolute atomic E-state index is 0.00267. The molecule has 6 heteroatoms. The summed E-state index contributed by atoms with van der Waals surface area (Å²) in [6, 6.07) is 0. The van der Waals surface area contributed by atoms with Crippen LogP contribution in [0, 0.1) is 5.41 Å². The van der Waals surface area contributed by atoms with Crippen LogP contribution in [0.15, 0.2) is 5.16 Å². The molecule has 1 amide bonds. The number of carbonyl (C=O) groups is 1. The van der Waals surface area contributed by atoms with E-state index in [1.807, 2.05) is 20.8 Å². The Morgan fingerprint density at radius 1 is 1.47 bits per heavy atom. The van der Waals surface area contributed by atoms with Gasteiger partial charge < -0.3 is 20.6 Å². The van der Waals surface area contributed by atoms with Crippen LogP contribution in [0.25, 0.3) is 0 Å². The third-order valence-electron chi connectivity index (χ3n) is 4.07. The normalized spacial score (nSPS) is 29.7. The van der Waals surface area contributed by atoms with Gasteiger partial charge in [-0.2, -0.15) is 0 Å². The fraction of sp³-hybridized carbons (Fsp3) is 0.846. The first kappa shape index (κ1) is 14.1. The molecule has 0 aromatic carbocycles. The van der Waals surface area contributed by atoms with Crippen LogP contribution in [0.5, 0.6) is 0 Å². The van der Waals surface area contributed by atoms with E-state index in [9.17, 15) is 4.79 Å². The molecule has 1 atom stereocenters. The summed E-state index contributed by atoms with van der Waals surface area (Å²) in [5, 5.41) is 12.0. The van der Waals surface area contributed by atoms with Gasteiger partial charge in [0.15, 0.2) is 5.84 Å². The SMILES string of the molecule is CC1CN(C(=O)C2(C(N)=NO)CCC2)CC(C)(C)O1. The van der Waals surface area contributed by atoms with Gasteiger partial charge in [-0.25, -0.2) is 0 Å². The lowest BCUT2D eigenvalue weighted by molar-refractivity contribution is -0.166. The molecule has 1 aliphatic heterocycles. The number of amides is 1. The minimum atomic E-state index is -0.790. The van der Waals surface area contributed by atoms with E-state index < -0.39 is 5.41 Å². The lowest BCUT2D eigenvalue weighted by atomic mass is 9.66. The van der Waals surface area contributed by atoms with E-state index in [-0.39, 0.29) is 23.4 Å². The van der Waals surface area contributed by atoms with Crippen molar-refractivity contribution in [2.75, 3.05) is 13.1 Å². The average Bonchev–Trinajstić information content (AvgIpc) is 2.24. The van der Waals surface area contributed by atoms with E-state index in [2.05, 4.69) is 5.16 Å². The molecular formula is C13H23N3O3. The molecule has 0 aromatic heterocycles. The van der Waals surface area contributed by atoms with E-state index in [0.29, 0.717) is 25.9 Å². The Balaban J connectivity index is 2.19. The smallest absolute Gasteiger partial charge is 0.236 e. The van der Waals surface area contributed by atoms with Crippen LogP contribution in [0.3, 0.4) is 0 Å². The van der Waals surface area contributed by atoms with Crippen molar-refractivity contribution in [3.05, 3.63) is 0 Å². The minimum Gasteiger partial charge on any atom is -0.409 e. The maximum absolute atomic E-state index is 12.7. The first-order valence-electron chi connectivity index (χ1n) is 6.76. The molecule has 1 saturated heterocycles. The number of oxime groups is 1. The zero-order valence-electron chi connectivity index (χ0n) is 11.8. The molecule has 2 fully saturated rings. The quantitative estimate of drug-likeness (QED) is 0.338. The van der Waals surface area contributed by atoms with Crippen LogP contribution in [-0.4, -0.2) is 46.6 Å². The van der Waals surface area contributed by atoms with Gasteiger partial charge in [0.1, 0.15) is 5.41 Å². The van der Waals surface area contributed by atoms with Gasteiger partial charge in [-0.05, 0) is 33.6 Å². The summed E-state index contributed by atoms with van der Waals surface area (Å²) in [7, 11) is 0. The Bertz CT molecular complexity index is 402. The summed E-state index contributed by atoms with van der Waals surface area (Å²) in [6.45, 7) is 7.00. The predicted molar refractivity (Wildman–Crippen MR) is 70.9 cm³/mol. The Hall–Kier alpha value is -1.30. The summed E-state index contributed by atoms with van der Waals surface area (Å²) in [5.41, 5.74) is 4.60. The van der Waals surface area contributed by atoms with Gasteiger partial charge in [0.25, 0.3) is 0 Å². The Kier molecular flexibility index (Phi) is 3.47. The zero-order valence-corrected chi connectivity index (χ0v) is 11.8. The van der Waals surface area contributed by atoms with Crippen molar-refractivity contribution in [2.45, 2.75) is 51.7 Å². The Morgan fingerprint density at radius 3 is 2.53 bits per heavy atom. The third-order valence-corrected chi connectivity index (χ3v) is 4.07. The van der Waals surface area contributed by atoms with Gasteiger partial charge in [-0.15, -0.1) is 0 Å². The van der Waals surface area contributed by atoms with Crippen LogP contribution < -0.4 is 5.73 Å². The Labute approximate surface area is 113 Å². The van der Waals surface area contributed by atoms with Crippen molar-refractivity contribution in [3.8, 4) is 0 Å². The first-order valence-corrected chi connectivity index (χ1v) is 6.76. The monoisotopic (exact) mass is 269 g/mol. The number of hydrogen-bond acceptors (Lipinski definition) is 4. The fourth-order valence-electron chi connectivity index (χ4n) is 3.12. The number of carbonyl (C=O) groups excluding carboxylic acids is 1. The molecule has 108 valence electrons. The second-order valence-electron chi connectivity index (χ2n) is 6.29. The summed E-state index contributed by atoms with van der Waals surface area (Å²) >= 11 is 0. The highest BCUT2D eigenvalue weighted by molar-refractivity contribution is 6.07. The lowest BCUT2D eigenvalue weighted by Crippen LogP contribution is -2.61. The largest absolute Gasteiger partial charge is 0.409 e. The second kappa shape index (κ2) is 4.67. The molecule has 1 heterocycles. The molecule has 19 heavy (non-hydrogen) atoms. The van der Waals surface area contributed by atoms with Crippen molar-refractivity contribution in [2.24, 2.45) is 16.3 Å². The summed E-state index contributed by atoms with van der Waals surface area (Å²) in [5.74, 6) is 0.0120. The van der Waals surface area contributed by atoms with Crippen molar-refractivity contribution in [3.63, 3.8) is 0 Å². The van der Waals surface area contributed by atoms with Gasteiger partial charge in [-0.3, -0.25) is 4.79 Å². The average molecular weight is 269 g/mol. The zero-order chi connectivity index (χ0) is 14.3. The summed E-state index contributed by atoms with van der Waals surface area (Å²) < 4.78 is 5.80. The number of hydrogen-bond donors (Lipinski definition) is 2. The van der Waals surface area contributed by atoms with Crippen LogP contribution >= 0.6 is 0 Å². The number of amidine groups is 1. The number of morpholine rings is 1. The van der Waals surface area contributed by atoms with Crippen LogP contribution in [-0.2, 0) is 9.53 Å². The Morgan fingerprint density at radius 2 is 2.11 bits per heavy atom. The van der Waals surface area contributed by atoms with Gasteiger partial charge in [-0.1, -0.05) is 11.6 Å². The van der Waals surface area contributed by atoms with Crippen molar-refractivity contribution in [1.82, 2.24) is 4.90 Å². The molecule has 6 nitrogen and oxygen atoms in total. The predicted octanol–water partition coefficient (Wildman–Crippen LogP) is 0.929. The topological polar surface area (TPSA) is 88.2 Å². The number of rotatable bonds is 2. The lowest BCUT2D eigenvalue weighted by Gasteiger charge is -2.47. The molecule has 0 spiro atoms. The van der Waals surface area contributed by atoms with Gasteiger partial charge in [0, 0.05) is 13.1 Å². The van der Waals surface area contributed by atoms with Crippen molar-refractivity contribution in [1.29, 1.82) is 0 Å². The number of nitrogens with two attached hydrogens (primary N) is 1. The molecule has 2 rings (SSSR count). The highest BCUT2D eigenvalue weighted by Gasteiger charge is 2.51. The molecule has 2 aliphatic rings. The second-order valence-corrected chi connectivity index (χ2v) is 6.29. The summed E-state index contributed by atoms with van der Waals surface area (Å²) in [4.78, 5) is 14.5. The fourth-order valence-corrected chi connectivity index (χ4v) is 3.12. The van der Waals surface area contributed by atoms with E-state index in [0.717, 1.165) is 6.42 Å². The molecule has 3 N–H and O–H groups in total. The van der Waals surface area contributed by atoms with Crippen molar-refractivity contribution >= 4 is 11.7 Å². The highest BCUT2D eigenvalue weighted by Crippen LogP contribution is 2.43. The van der Waals surface area contributed by atoms with E-state index in [1.54, 1.807) is 4.90 Å². The molecular weight excluding hydrogens is 246 g/mol. The van der Waals surface area contributed by atoms with Crippen LogP contribution in [0.2, 0.25) is 0 Å². The van der Waals surface area contributed by atoms with E-state index >= 15 is 0 Å². The van der Waals surface area contributed by atoms with E-state index in [4.69, 9.17) is 15.7 Å². The third kappa shape index (κ3) is 2.41. The van der Waals surface area contributed by atoms with Gasteiger partial charge in [0.2, 0.25) is 5.91 Å². The van der Waals surface area contributed by atoms with Crippen molar-refractivity contribution < 1.29 is 14.7 Å². The molecule has 1 aliphatic carbocycles. The first-order chi connectivity index (χ1) is 8.81. The molecule has 1 saturated carbocycles. The molecule has 0 bridgehead atoms.